The summed E-state index contributed by atoms with van der Waals surface area (Å²) < 4.78 is 33.1. The minimum Gasteiger partial charge on any atom is -0.487 e. The minimum absolute atomic E-state index is 0.00518. The summed E-state index contributed by atoms with van der Waals surface area (Å²) in [5, 5.41) is 3.18. The Morgan fingerprint density at radius 1 is 1.22 bits per heavy atom. The average Bonchev–Trinajstić information content (AvgIpc) is 2.60. The first-order valence-corrected chi connectivity index (χ1v) is 10.8. The zero-order chi connectivity index (χ0) is 19.8. The molecule has 1 atom stereocenters. The second-order valence-corrected chi connectivity index (χ2v) is 10.3. The maximum atomic E-state index is 12.8. The number of fused-ring (bicyclic) bond motifs is 1. The zero-order valence-electron chi connectivity index (χ0n) is 16.4. The first-order valence-electron chi connectivity index (χ1n) is 9.36. The first-order chi connectivity index (χ1) is 12.6. The van der Waals surface area contributed by atoms with Crippen LogP contribution in [0.3, 0.4) is 0 Å². The predicted molar refractivity (Wildman–Crippen MR) is 104 cm³/mol. The van der Waals surface area contributed by atoms with Gasteiger partial charge in [-0.05, 0) is 32.8 Å². The van der Waals surface area contributed by atoms with E-state index < -0.39 is 10.2 Å². The van der Waals surface area contributed by atoms with Gasteiger partial charge in [-0.15, -0.1) is 0 Å². The van der Waals surface area contributed by atoms with E-state index in [-0.39, 0.29) is 23.5 Å². The molecule has 0 saturated carbocycles. The molecule has 0 radical (unpaired) electrons. The minimum atomic E-state index is -3.41. The molecule has 0 aliphatic carbocycles. The maximum Gasteiger partial charge on any atom is 0.281 e. The van der Waals surface area contributed by atoms with Crippen LogP contribution in [0.4, 0.5) is 0 Å². The number of amides is 1. The summed E-state index contributed by atoms with van der Waals surface area (Å²) >= 11 is 0. The third-order valence-electron chi connectivity index (χ3n) is 5.31. The normalized spacial score (nSPS) is 23.5. The third kappa shape index (κ3) is 4.28. The van der Waals surface area contributed by atoms with Crippen molar-refractivity contribution in [1.29, 1.82) is 0 Å². The van der Waals surface area contributed by atoms with Crippen molar-refractivity contribution in [3.63, 3.8) is 0 Å². The van der Waals surface area contributed by atoms with Gasteiger partial charge in [0.15, 0.2) is 0 Å². The topological polar surface area (TPSA) is 79.0 Å². The molecule has 2 heterocycles. The van der Waals surface area contributed by atoms with E-state index in [1.807, 2.05) is 38.1 Å². The number of rotatable bonds is 4. The van der Waals surface area contributed by atoms with Crippen LogP contribution in [-0.4, -0.2) is 55.7 Å². The Bertz CT molecular complexity index is 799. The molecule has 2 aliphatic rings. The molecule has 7 nitrogen and oxygen atoms in total. The Balaban J connectivity index is 1.65. The summed E-state index contributed by atoms with van der Waals surface area (Å²) in [6, 6.07) is 7.70. The average molecular weight is 396 g/mol. The molecule has 27 heavy (non-hydrogen) atoms. The van der Waals surface area contributed by atoms with Gasteiger partial charge in [-0.25, -0.2) is 0 Å². The van der Waals surface area contributed by atoms with Crippen LogP contribution in [0.2, 0.25) is 0 Å². The smallest absolute Gasteiger partial charge is 0.281 e. The second-order valence-electron chi connectivity index (χ2n) is 8.13. The summed E-state index contributed by atoms with van der Waals surface area (Å²) in [7, 11) is -0.361. The molecule has 1 aromatic carbocycles. The molecule has 0 unspecified atom stereocenters. The van der Waals surface area contributed by atoms with Crippen molar-refractivity contribution in [3.05, 3.63) is 29.8 Å². The summed E-state index contributed by atoms with van der Waals surface area (Å²) in [5.74, 6) is 0.636. The largest absolute Gasteiger partial charge is 0.487 e. The molecule has 2 aliphatic heterocycles. The van der Waals surface area contributed by atoms with Crippen LogP contribution >= 0.6 is 0 Å². The maximum absolute atomic E-state index is 12.8. The Morgan fingerprint density at radius 3 is 2.48 bits per heavy atom. The molecule has 1 saturated heterocycles. The van der Waals surface area contributed by atoms with Crippen LogP contribution in [0.1, 0.15) is 44.7 Å². The van der Waals surface area contributed by atoms with E-state index >= 15 is 0 Å². The number of benzene rings is 1. The van der Waals surface area contributed by atoms with Crippen LogP contribution in [0.15, 0.2) is 24.3 Å². The van der Waals surface area contributed by atoms with Gasteiger partial charge in [-0.1, -0.05) is 18.2 Å². The quantitative estimate of drug-likeness (QED) is 0.845. The van der Waals surface area contributed by atoms with Crippen molar-refractivity contribution in [2.75, 3.05) is 27.2 Å². The second kappa shape index (κ2) is 7.41. The molecule has 0 aromatic heterocycles. The molecule has 150 valence electrons. The number of para-hydroxylation sites is 1. The van der Waals surface area contributed by atoms with Crippen molar-refractivity contribution in [3.8, 4) is 5.75 Å². The summed E-state index contributed by atoms with van der Waals surface area (Å²) in [6.45, 7) is 4.78. The van der Waals surface area contributed by atoms with Gasteiger partial charge in [-0.3, -0.25) is 4.79 Å². The summed E-state index contributed by atoms with van der Waals surface area (Å²) in [4.78, 5) is 12.8. The number of hydrogen-bond donors (Lipinski definition) is 1. The van der Waals surface area contributed by atoms with E-state index in [9.17, 15) is 13.2 Å². The van der Waals surface area contributed by atoms with Crippen molar-refractivity contribution in [2.45, 2.75) is 44.8 Å². The molecule has 1 N–H and O–H groups in total. The molecule has 0 bridgehead atoms. The molecule has 1 amide bonds. The molecule has 3 rings (SSSR count). The number of nitrogens with zero attached hydrogens (tertiary/aromatic N) is 2. The molecule has 1 aromatic rings. The number of ether oxygens (including phenoxy) is 1. The van der Waals surface area contributed by atoms with E-state index in [4.69, 9.17) is 4.74 Å². The van der Waals surface area contributed by atoms with Crippen molar-refractivity contribution < 1.29 is 17.9 Å². The molecule has 8 heteroatoms. The van der Waals surface area contributed by atoms with Crippen molar-refractivity contribution in [2.24, 2.45) is 5.92 Å². The number of carbonyl (C=O) groups excluding carboxylic acids is 1. The number of nitrogens with one attached hydrogen (secondary N) is 1. The van der Waals surface area contributed by atoms with Crippen LogP contribution in [0.25, 0.3) is 0 Å². The highest BCUT2D eigenvalue weighted by Crippen LogP contribution is 2.39. The van der Waals surface area contributed by atoms with Gasteiger partial charge in [-0.2, -0.15) is 17.0 Å². The Hall–Kier alpha value is -1.64. The van der Waals surface area contributed by atoms with Gasteiger partial charge in [0.25, 0.3) is 10.2 Å². The fourth-order valence-corrected chi connectivity index (χ4v) is 4.93. The van der Waals surface area contributed by atoms with Crippen LogP contribution < -0.4 is 10.1 Å². The number of carbonyl (C=O) groups is 1. The van der Waals surface area contributed by atoms with Crippen LogP contribution in [-0.2, 0) is 15.0 Å². The van der Waals surface area contributed by atoms with Crippen LogP contribution in [0.5, 0.6) is 5.75 Å². The Morgan fingerprint density at radius 2 is 1.85 bits per heavy atom. The predicted octanol–water partition coefficient (Wildman–Crippen LogP) is 1.92. The number of hydrogen-bond acceptors (Lipinski definition) is 4. The molecule has 0 spiro atoms. The summed E-state index contributed by atoms with van der Waals surface area (Å²) in [5.41, 5.74) is 0.646. The molecule has 1 fully saturated rings. The van der Waals surface area contributed by atoms with E-state index in [0.29, 0.717) is 32.4 Å². The van der Waals surface area contributed by atoms with Crippen LogP contribution in [0, 0.1) is 5.92 Å². The highest BCUT2D eigenvalue weighted by molar-refractivity contribution is 7.86. The van der Waals surface area contributed by atoms with E-state index in [1.165, 1.54) is 22.7 Å². The van der Waals surface area contributed by atoms with Gasteiger partial charge in [0.2, 0.25) is 5.91 Å². The van der Waals surface area contributed by atoms with E-state index in [2.05, 4.69) is 5.32 Å². The third-order valence-corrected chi connectivity index (χ3v) is 7.25. The Kier molecular flexibility index (Phi) is 5.52. The summed E-state index contributed by atoms with van der Waals surface area (Å²) in [6.07, 6.45) is 1.77. The highest BCUT2D eigenvalue weighted by Gasteiger charge is 2.37. The fraction of sp³-hybridized carbons (Fsp3) is 0.632. The van der Waals surface area contributed by atoms with E-state index in [1.54, 1.807) is 0 Å². The lowest BCUT2D eigenvalue weighted by Crippen LogP contribution is -2.48. The van der Waals surface area contributed by atoms with Crippen molar-refractivity contribution >= 4 is 16.1 Å². The molecular formula is C19H29N3O4S. The van der Waals surface area contributed by atoms with Gasteiger partial charge in [0.05, 0.1) is 6.04 Å². The van der Waals surface area contributed by atoms with Crippen molar-refractivity contribution in [1.82, 2.24) is 13.9 Å². The lowest BCUT2D eigenvalue weighted by atomic mass is 9.88. The first kappa shape index (κ1) is 20.1. The highest BCUT2D eigenvalue weighted by atomic mass is 32.2. The van der Waals surface area contributed by atoms with Gasteiger partial charge in [0, 0.05) is 45.1 Å². The molecular weight excluding hydrogens is 366 g/mol. The van der Waals surface area contributed by atoms with Gasteiger partial charge in [0.1, 0.15) is 11.4 Å². The monoisotopic (exact) mass is 395 g/mol. The lowest BCUT2D eigenvalue weighted by Gasteiger charge is -2.39. The van der Waals surface area contributed by atoms with Gasteiger partial charge >= 0.3 is 0 Å². The lowest BCUT2D eigenvalue weighted by molar-refractivity contribution is -0.127. The van der Waals surface area contributed by atoms with E-state index in [0.717, 1.165) is 11.3 Å². The Labute approximate surface area is 161 Å². The standard InChI is InChI=1S/C19H29N3O4S/c1-19(2)13-16(15-7-5-6-8-17(15)26-19)20-18(23)14-9-11-22(12-10-14)27(24,25)21(3)4/h5-8,14,16H,9-13H2,1-4H3,(H,20,23)/t16-/m0/s1. The number of piperidine rings is 1. The fourth-order valence-electron chi connectivity index (χ4n) is 3.80. The SMILES string of the molecule is CN(C)S(=O)(=O)N1CCC(C(=O)N[C@H]2CC(C)(C)Oc3ccccc32)CC1. The zero-order valence-corrected chi connectivity index (χ0v) is 17.3. The van der Waals surface area contributed by atoms with Gasteiger partial charge < -0.3 is 10.1 Å².